The highest BCUT2D eigenvalue weighted by atomic mass is 35.5. The molecule has 0 bridgehead atoms. The van der Waals surface area contributed by atoms with Gasteiger partial charge in [-0.2, -0.15) is 0 Å². The Labute approximate surface area is 170 Å². The topological polar surface area (TPSA) is 53.8 Å². The van der Waals surface area contributed by atoms with Gasteiger partial charge in [-0.3, -0.25) is 9.59 Å². The van der Waals surface area contributed by atoms with Crippen LogP contribution in [0.1, 0.15) is 54.8 Å². The average molecular weight is 401 g/mol. The summed E-state index contributed by atoms with van der Waals surface area (Å²) >= 11 is 6.39. The van der Waals surface area contributed by atoms with E-state index in [1.165, 1.54) is 6.26 Å². The van der Waals surface area contributed by atoms with Gasteiger partial charge < -0.3 is 14.2 Å². The molecular formula is C22H25ClN2O3. The second kappa shape index (κ2) is 8.00. The first-order chi connectivity index (χ1) is 13.6. The van der Waals surface area contributed by atoms with E-state index >= 15 is 0 Å². The number of amides is 2. The predicted molar refractivity (Wildman–Crippen MR) is 107 cm³/mol. The number of nitrogens with zero attached hydrogens (tertiary/aromatic N) is 2. The summed E-state index contributed by atoms with van der Waals surface area (Å²) in [6.07, 6.45) is 4.98. The second-order valence-electron chi connectivity index (χ2n) is 7.72. The standard InChI is InChI=1S/C22H25ClN2O3/c1-15(18-5-2-3-6-19(18)23)25(17-8-9-17)21(26)16-10-12-24(13-11-16)22(27)20-7-4-14-28-20/h2-7,14-17H,8-13H2,1H3/t15-/m1/s1. The number of rotatable bonds is 5. The Morgan fingerprint density at radius 1 is 1.11 bits per heavy atom. The molecule has 0 spiro atoms. The van der Waals surface area contributed by atoms with Gasteiger partial charge in [-0.05, 0) is 56.4 Å². The quantitative estimate of drug-likeness (QED) is 0.740. The van der Waals surface area contributed by atoms with Crippen molar-refractivity contribution in [2.75, 3.05) is 13.1 Å². The van der Waals surface area contributed by atoms with Gasteiger partial charge in [0.25, 0.3) is 5.91 Å². The van der Waals surface area contributed by atoms with Crippen molar-refractivity contribution in [1.29, 1.82) is 0 Å². The third-order valence-electron chi connectivity index (χ3n) is 5.83. The molecule has 2 aliphatic rings. The molecule has 1 aliphatic heterocycles. The van der Waals surface area contributed by atoms with Crippen LogP contribution in [0.25, 0.3) is 0 Å². The van der Waals surface area contributed by atoms with E-state index in [0.29, 0.717) is 42.8 Å². The first-order valence-electron chi connectivity index (χ1n) is 9.95. The van der Waals surface area contributed by atoms with Crippen LogP contribution >= 0.6 is 11.6 Å². The van der Waals surface area contributed by atoms with Crippen molar-refractivity contribution in [2.45, 2.75) is 44.7 Å². The van der Waals surface area contributed by atoms with Crippen molar-refractivity contribution >= 4 is 23.4 Å². The molecule has 6 heteroatoms. The maximum Gasteiger partial charge on any atom is 0.289 e. The second-order valence-corrected chi connectivity index (χ2v) is 8.13. The molecule has 2 fully saturated rings. The molecule has 148 valence electrons. The molecule has 1 saturated heterocycles. The molecule has 2 heterocycles. The fraction of sp³-hybridized carbons (Fsp3) is 0.455. The van der Waals surface area contributed by atoms with E-state index in [1.807, 2.05) is 29.2 Å². The lowest BCUT2D eigenvalue weighted by molar-refractivity contribution is -0.139. The number of carbonyl (C=O) groups excluding carboxylic acids is 2. The summed E-state index contributed by atoms with van der Waals surface area (Å²) in [6.45, 7) is 3.22. The maximum absolute atomic E-state index is 13.4. The van der Waals surface area contributed by atoms with E-state index in [1.54, 1.807) is 17.0 Å². The van der Waals surface area contributed by atoms with E-state index in [9.17, 15) is 9.59 Å². The minimum Gasteiger partial charge on any atom is -0.459 e. The molecule has 28 heavy (non-hydrogen) atoms. The number of benzene rings is 1. The van der Waals surface area contributed by atoms with Crippen LogP contribution in [-0.2, 0) is 4.79 Å². The Balaban J connectivity index is 1.43. The largest absolute Gasteiger partial charge is 0.459 e. The lowest BCUT2D eigenvalue weighted by Gasteiger charge is -2.37. The summed E-state index contributed by atoms with van der Waals surface area (Å²) in [7, 11) is 0. The number of hydrogen-bond donors (Lipinski definition) is 0. The minimum atomic E-state index is -0.0978. The maximum atomic E-state index is 13.4. The molecule has 1 aliphatic carbocycles. The van der Waals surface area contributed by atoms with Gasteiger partial charge in [-0.15, -0.1) is 0 Å². The summed E-state index contributed by atoms with van der Waals surface area (Å²) in [5.74, 6) is 0.405. The van der Waals surface area contributed by atoms with Crippen LogP contribution < -0.4 is 0 Å². The first-order valence-corrected chi connectivity index (χ1v) is 10.3. The Morgan fingerprint density at radius 2 is 1.82 bits per heavy atom. The third kappa shape index (κ3) is 3.81. The van der Waals surface area contributed by atoms with Gasteiger partial charge in [-0.25, -0.2) is 0 Å². The van der Waals surface area contributed by atoms with Gasteiger partial charge in [0.15, 0.2) is 5.76 Å². The highest BCUT2D eigenvalue weighted by Gasteiger charge is 2.40. The third-order valence-corrected chi connectivity index (χ3v) is 6.17. The Morgan fingerprint density at radius 3 is 2.43 bits per heavy atom. The lowest BCUT2D eigenvalue weighted by atomic mass is 9.93. The van der Waals surface area contributed by atoms with E-state index in [4.69, 9.17) is 16.0 Å². The highest BCUT2D eigenvalue weighted by molar-refractivity contribution is 6.31. The molecule has 5 nitrogen and oxygen atoms in total. The van der Waals surface area contributed by atoms with Crippen LogP contribution in [0.2, 0.25) is 5.02 Å². The molecule has 0 N–H and O–H groups in total. The van der Waals surface area contributed by atoms with Crippen LogP contribution in [0.5, 0.6) is 0 Å². The van der Waals surface area contributed by atoms with Crippen LogP contribution in [0.4, 0.5) is 0 Å². The van der Waals surface area contributed by atoms with Crippen molar-refractivity contribution in [3.8, 4) is 0 Å². The SMILES string of the molecule is C[C@H](c1ccccc1Cl)N(C(=O)C1CCN(C(=O)c2ccco2)CC1)C1CC1. The molecule has 4 rings (SSSR count). The minimum absolute atomic E-state index is 0.0449. The van der Waals surface area contributed by atoms with Crippen molar-refractivity contribution in [2.24, 2.45) is 5.92 Å². The van der Waals surface area contributed by atoms with Gasteiger partial charge in [-0.1, -0.05) is 29.8 Å². The van der Waals surface area contributed by atoms with E-state index in [2.05, 4.69) is 6.92 Å². The fourth-order valence-corrected chi connectivity index (χ4v) is 4.39. The van der Waals surface area contributed by atoms with Gasteiger partial charge in [0, 0.05) is 30.1 Å². The molecule has 2 amide bonds. The first kappa shape index (κ1) is 19.1. The number of hydrogen-bond acceptors (Lipinski definition) is 3. The van der Waals surface area contributed by atoms with Gasteiger partial charge in [0.1, 0.15) is 0 Å². The van der Waals surface area contributed by atoms with Crippen molar-refractivity contribution in [3.63, 3.8) is 0 Å². The predicted octanol–water partition coefficient (Wildman–Crippen LogP) is 4.54. The number of carbonyl (C=O) groups is 2. The van der Waals surface area contributed by atoms with Crippen LogP contribution in [0.15, 0.2) is 47.1 Å². The summed E-state index contributed by atoms with van der Waals surface area (Å²) in [5, 5.41) is 0.701. The fourth-order valence-electron chi connectivity index (χ4n) is 4.10. The highest BCUT2D eigenvalue weighted by Crippen LogP contribution is 2.38. The van der Waals surface area contributed by atoms with Crippen molar-refractivity contribution in [3.05, 3.63) is 59.0 Å². The zero-order chi connectivity index (χ0) is 19.7. The molecule has 1 aromatic heterocycles. The zero-order valence-electron chi connectivity index (χ0n) is 16.0. The summed E-state index contributed by atoms with van der Waals surface area (Å²) in [6, 6.07) is 11.4. The van der Waals surface area contributed by atoms with E-state index in [-0.39, 0.29) is 23.8 Å². The molecule has 0 unspecified atom stereocenters. The smallest absolute Gasteiger partial charge is 0.289 e. The normalized spacial score (nSPS) is 18.7. The number of piperidine rings is 1. The van der Waals surface area contributed by atoms with Crippen molar-refractivity contribution in [1.82, 2.24) is 9.80 Å². The molecule has 1 saturated carbocycles. The number of likely N-dealkylation sites (tertiary alicyclic amines) is 1. The molecular weight excluding hydrogens is 376 g/mol. The van der Waals surface area contributed by atoms with Crippen LogP contribution in [-0.4, -0.2) is 40.7 Å². The van der Waals surface area contributed by atoms with Gasteiger partial charge in [0.2, 0.25) is 5.91 Å². The van der Waals surface area contributed by atoms with Crippen molar-refractivity contribution < 1.29 is 14.0 Å². The summed E-state index contributed by atoms with van der Waals surface area (Å²) in [5.41, 5.74) is 0.995. The van der Waals surface area contributed by atoms with E-state index in [0.717, 1.165) is 18.4 Å². The zero-order valence-corrected chi connectivity index (χ0v) is 16.8. The van der Waals surface area contributed by atoms with Crippen LogP contribution in [0.3, 0.4) is 0 Å². The summed E-state index contributed by atoms with van der Waals surface area (Å²) < 4.78 is 5.21. The monoisotopic (exact) mass is 400 g/mol. The molecule has 2 aromatic rings. The lowest BCUT2D eigenvalue weighted by Crippen LogP contribution is -2.45. The van der Waals surface area contributed by atoms with Gasteiger partial charge >= 0.3 is 0 Å². The Hall–Kier alpha value is -2.27. The van der Waals surface area contributed by atoms with Gasteiger partial charge in [0.05, 0.1) is 12.3 Å². The molecule has 1 atom stereocenters. The Bertz CT molecular complexity index is 839. The number of halogens is 1. The summed E-state index contributed by atoms with van der Waals surface area (Å²) in [4.78, 5) is 29.6. The molecule has 1 aromatic carbocycles. The number of furan rings is 1. The Kier molecular flexibility index (Phi) is 5.44. The van der Waals surface area contributed by atoms with Crippen LogP contribution in [0, 0.1) is 5.92 Å². The van der Waals surface area contributed by atoms with E-state index < -0.39 is 0 Å². The average Bonchev–Trinajstić information content (AvgIpc) is 3.39. The molecule has 0 radical (unpaired) electrons.